The lowest BCUT2D eigenvalue weighted by molar-refractivity contribution is -0.225. The molecule has 1 unspecified atom stereocenters. The maximum absolute atomic E-state index is 12.0. The molecular formula is C3H3F6O3P. The first-order valence-electron chi connectivity index (χ1n) is 2.55. The van der Waals surface area contributed by atoms with Crippen molar-refractivity contribution in [1.29, 1.82) is 0 Å². The van der Waals surface area contributed by atoms with Crippen molar-refractivity contribution in [2.24, 2.45) is 0 Å². The van der Waals surface area contributed by atoms with E-state index in [1.165, 1.54) is 0 Å². The number of halogens is 6. The quantitative estimate of drug-likeness (QED) is 0.562. The number of hydrogen-bond acceptors (Lipinski definition) is 1. The van der Waals surface area contributed by atoms with E-state index in [0.717, 1.165) is 0 Å². The Morgan fingerprint density at radius 1 is 1.08 bits per heavy atom. The zero-order valence-electron chi connectivity index (χ0n) is 5.60. The summed E-state index contributed by atoms with van der Waals surface area (Å²) in [6.07, 6.45) is -10.9. The Bertz CT molecular complexity index is 230. The highest BCUT2D eigenvalue weighted by Crippen LogP contribution is 2.58. The van der Waals surface area contributed by atoms with Gasteiger partial charge in [-0.25, -0.2) is 4.39 Å². The van der Waals surface area contributed by atoms with Crippen LogP contribution in [0.1, 0.15) is 0 Å². The van der Waals surface area contributed by atoms with E-state index < -0.39 is 25.6 Å². The van der Waals surface area contributed by atoms with Gasteiger partial charge >= 0.3 is 19.4 Å². The van der Waals surface area contributed by atoms with Crippen molar-refractivity contribution in [2.75, 3.05) is 0 Å². The van der Waals surface area contributed by atoms with Crippen LogP contribution in [0.4, 0.5) is 26.3 Å². The fourth-order valence-electron chi connectivity index (χ4n) is 0.345. The lowest BCUT2D eigenvalue weighted by atomic mass is 10.4. The predicted molar refractivity (Wildman–Crippen MR) is 27.9 cm³/mol. The summed E-state index contributed by atoms with van der Waals surface area (Å²) in [4.78, 5) is 15.4. The summed E-state index contributed by atoms with van der Waals surface area (Å²) < 4.78 is 79.3. The van der Waals surface area contributed by atoms with Gasteiger partial charge in [-0.15, -0.1) is 0 Å². The normalized spacial score (nSPS) is 17.2. The van der Waals surface area contributed by atoms with Crippen molar-refractivity contribution in [1.82, 2.24) is 0 Å². The molecule has 2 N–H and O–H groups in total. The second-order valence-electron chi connectivity index (χ2n) is 2.04. The molecule has 0 rings (SSSR count). The molecule has 0 aliphatic heterocycles. The maximum Gasteiger partial charge on any atom is 0.426 e. The Kier molecular flexibility index (Phi) is 3.08. The number of alkyl halides is 6. The minimum absolute atomic E-state index is 4.87. The molecule has 0 aromatic carbocycles. The summed E-state index contributed by atoms with van der Waals surface area (Å²) in [6, 6.07) is 0. The van der Waals surface area contributed by atoms with Crippen LogP contribution in [0.2, 0.25) is 0 Å². The molecule has 10 heteroatoms. The highest BCUT2D eigenvalue weighted by molar-refractivity contribution is 7.53. The first kappa shape index (κ1) is 12.7. The van der Waals surface area contributed by atoms with Crippen LogP contribution in [0.5, 0.6) is 0 Å². The summed E-state index contributed by atoms with van der Waals surface area (Å²) in [5, 5.41) is 0. The van der Waals surface area contributed by atoms with E-state index in [1.54, 1.807) is 0 Å². The molecule has 0 aromatic rings. The molecule has 3 nitrogen and oxygen atoms in total. The smallest absolute Gasteiger partial charge is 0.320 e. The van der Waals surface area contributed by atoms with Gasteiger partial charge in [0.15, 0.2) is 0 Å². The third-order valence-corrected chi connectivity index (χ3v) is 1.98. The molecule has 0 radical (unpaired) electrons. The van der Waals surface area contributed by atoms with Crippen LogP contribution in [0.3, 0.4) is 0 Å². The van der Waals surface area contributed by atoms with E-state index in [0.29, 0.717) is 0 Å². The van der Waals surface area contributed by atoms with Crippen molar-refractivity contribution in [3.05, 3.63) is 0 Å². The van der Waals surface area contributed by atoms with Gasteiger partial charge in [-0.2, -0.15) is 22.0 Å². The molecule has 0 bridgehead atoms. The second-order valence-corrected chi connectivity index (χ2v) is 3.72. The zero-order chi connectivity index (χ0) is 11.1. The Labute approximate surface area is 67.5 Å². The molecule has 0 heterocycles. The lowest BCUT2D eigenvalue weighted by Crippen LogP contribution is -2.41. The highest BCUT2D eigenvalue weighted by Gasteiger charge is 2.66. The third kappa shape index (κ3) is 2.58. The fourth-order valence-corrected chi connectivity index (χ4v) is 0.786. The molecule has 0 fully saturated rings. The van der Waals surface area contributed by atoms with Crippen LogP contribution in [0, 0.1) is 0 Å². The molecule has 80 valence electrons. The zero-order valence-corrected chi connectivity index (χ0v) is 6.49. The topological polar surface area (TPSA) is 57.5 Å². The predicted octanol–water partition coefficient (Wildman–Crippen LogP) is 1.66. The van der Waals surface area contributed by atoms with Crippen molar-refractivity contribution < 1.29 is 40.7 Å². The fraction of sp³-hybridized carbons (Fsp3) is 1.00. The monoisotopic (exact) mass is 232 g/mol. The summed E-state index contributed by atoms with van der Waals surface area (Å²) >= 11 is 0. The Morgan fingerprint density at radius 2 is 1.38 bits per heavy atom. The van der Waals surface area contributed by atoms with Gasteiger partial charge in [0.05, 0.1) is 0 Å². The minimum atomic E-state index is -6.45. The van der Waals surface area contributed by atoms with Gasteiger partial charge in [0.25, 0.3) is 6.17 Å². The standard InChI is InChI=1S/C3H3F6O3P/c4-1(2(5,6)7)3(8,9)13(10,11)12/h1H,(H2,10,11,12). The Morgan fingerprint density at radius 3 is 1.46 bits per heavy atom. The van der Waals surface area contributed by atoms with Gasteiger partial charge in [0.1, 0.15) is 0 Å². The van der Waals surface area contributed by atoms with Crippen LogP contribution in [-0.2, 0) is 4.57 Å². The van der Waals surface area contributed by atoms with Gasteiger partial charge in [0, 0.05) is 0 Å². The lowest BCUT2D eigenvalue weighted by Gasteiger charge is -2.22. The molecule has 0 aromatic heterocycles. The Balaban J connectivity index is 4.97. The van der Waals surface area contributed by atoms with Crippen molar-refractivity contribution in [2.45, 2.75) is 18.0 Å². The van der Waals surface area contributed by atoms with Gasteiger partial charge in [-0.1, -0.05) is 0 Å². The van der Waals surface area contributed by atoms with Crippen LogP contribution < -0.4 is 0 Å². The van der Waals surface area contributed by atoms with Gasteiger partial charge in [-0.05, 0) is 0 Å². The maximum atomic E-state index is 12.0. The summed E-state index contributed by atoms with van der Waals surface area (Å²) in [5.74, 6) is 0. The molecule has 0 saturated carbocycles. The van der Waals surface area contributed by atoms with E-state index in [9.17, 15) is 30.9 Å². The summed E-state index contributed by atoms with van der Waals surface area (Å²) in [7, 11) is -6.45. The number of hydrogen-bond donors (Lipinski definition) is 2. The largest absolute Gasteiger partial charge is 0.426 e. The molecule has 0 saturated heterocycles. The van der Waals surface area contributed by atoms with E-state index in [1.807, 2.05) is 0 Å². The van der Waals surface area contributed by atoms with E-state index in [2.05, 4.69) is 0 Å². The molecule has 13 heavy (non-hydrogen) atoms. The van der Waals surface area contributed by atoms with Crippen molar-refractivity contribution in [3.63, 3.8) is 0 Å². The first-order chi connectivity index (χ1) is 5.40. The summed E-state index contributed by atoms with van der Waals surface area (Å²) in [6.45, 7) is 0. The van der Waals surface area contributed by atoms with Crippen molar-refractivity contribution >= 4 is 7.60 Å². The first-order valence-corrected chi connectivity index (χ1v) is 4.16. The second kappa shape index (κ2) is 3.14. The minimum Gasteiger partial charge on any atom is -0.320 e. The molecule has 0 aliphatic rings. The number of rotatable bonds is 2. The van der Waals surface area contributed by atoms with Gasteiger partial charge in [-0.3, -0.25) is 4.57 Å². The molecule has 0 amide bonds. The van der Waals surface area contributed by atoms with Gasteiger partial charge in [0.2, 0.25) is 0 Å². The van der Waals surface area contributed by atoms with Gasteiger partial charge < -0.3 is 9.79 Å². The van der Waals surface area contributed by atoms with Crippen LogP contribution in [0.25, 0.3) is 0 Å². The van der Waals surface area contributed by atoms with E-state index in [4.69, 9.17) is 9.79 Å². The molecule has 0 spiro atoms. The molecule has 0 aliphatic carbocycles. The SMILES string of the molecule is O=P(O)(O)C(F)(F)C(F)C(F)(F)F. The Hall–Kier alpha value is -0.270. The molecular weight excluding hydrogens is 229 g/mol. The van der Waals surface area contributed by atoms with Crippen LogP contribution in [-0.4, -0.2) is 27.8 Å². The third-order valence-electron chi connectivity index (χ3n) is 0.981. The average Bonchev–Trinajstić information content (AvgIpc) is 1.81. The summed E-state index contributed by atoms with van der Waals surface area (Å²) in [5.41, 5.74) is -5.74. The van der Waals surface area contributed by atoms with E-state index >= 15 is 0 Å². The highest BCUT2D eigenvalue weighted by atomic mass is 31.2. The molecule has 1 atom stereocenters. The average molecular weight is 232 g/mol. The van der Waals surface area contributed by atoms with Crippen molar-refractivity contribution in [3.8, 4) is 0 Å². The van der Waals surface area contributed by atoms with Crippen LogP contribution >= 0.6 is 7.60 Å². The van der Waals surface area contributed by atoms with Crippen LogP contribution in [0.15, 0.2) is 0 Å². The van der Waals surface area contributed by atoms with E-state index in [-0.39, 0.29) is 0 Å².